The fourth-order valence-electron chi connectivity index (χ4n) is 3.20. The minimum Gasteiger partial charge on any atom is -0.497 e. The van der Waals surface area contributed by atoms with E-state index in [0.717, 1.165) is 28.3 Å². The number of benzene rings is 2. The summed E-state index contributed by atoms with van der Waals surface area (Å²) in [6.07, 6.45) is 1.80. The Morgan fingerprint density at radius 3 is 2.43 bits per heavy atom. The van der Waals surface area contributed by atoms with Gasteiger partial charge in [0.25, 0.3) is 5.91 Å². The van der Waals surface area contributed by atoms with Crippen molar-refractivity contribution in [1.82, 2.24) is 9.38 Å². The largest absolute Gasteiger partial charge is 0.497 e. The van der Waals surface area contributed by atoms with E-state index in [4.69, 9.17) is 4.74 Å². The first-order valence-electron chi connectivity index (χ1n) is 9.10. The predicted molar refractivity (Wildman–Crippen MR) is 110 cm³/mol. The van der Waals surface area contributed by atoms with E-state index in [9.17, 15) is 4.79 Å². The first-order valence-corrected chi connectivity index (χ1v) is 9.10. The average Bonchev–Trinajstić information content (AvgIpc) is 3.18. The van der Waals surface area contributed by atoms with Crippen molar-refractivity contribution in [1.29, 1.82) is 0 Å². The first-order chi connectivity index (χ1) is 13.7. The van der Waals surface area contributed by atoms with Gasteiger partial charge in [0.1, 0.15) is 17.1 Å². The van der Waals surface area contributed by atoms with Crippen LogP contribution in [0.2, 0.25) is 0 Å². The van der Waals surface area contributed by atoms with Gasteiger partial charge in [0.15, 0.2) is 0 Å². The lowest BCUT2D eigenvalue weighted by Crippen LogP contribution is -2.30. The van der Waals surface area contributed by atoms with E-state index in [1.165, 1.54) is 0 Å². The first kappa shape index (κ1) is 17.8. The van der Waals surface area contributed by atoms with Crippen LogP contribution in [0.15, 0.2) is 79.0 Å². The van der Waals surface area contributed by atoms with Gasteiger partial charge in [-0.15, -0.1) is 0 Å². The number of ether oxygens (including phenoxy) is 1. The minimum absolute atomic E-state index is 0.142. The zero-order chi connectivity index (χ0) is 19.5. The van der Waals surface area contributed by atoms with E-state index in [-0.39, 0.29) is 5.91 Å². The molecule has 0 radical (unpaired) electrons. The van der Waals surface area contributed by atoms with Gasteiger partial charge >= 0.3 is 0 Å². The molecule has 5 heteroatoms. The molecule has 0 aliphatic rings. The monoisotopic (exact) mass is 371 g/mol. The second-order valence-electron chi connectivity index (χ2n) is 6.60. The minimum atomic E-state index is -0.142. The molecular weight excluding hydrogens is 350 g/mol. The third kappa shape index (κ3) is 3.47. The molecule has 0 spiro atoms. The Morgan fingerprint density at radius 2 is 1.75 bits per heavy atom. The molecule has 0 unspecified atom stereocenters. The van der Waals surface area contributed by atoms with Gasteiger partial charge in [0, 0.05) is 17.6 Å². The van der Waals surface area contributed by atoms with Gasteiger partial charge in [-0.25, -0.2) is 4.98 Å². The molecule has 0 N–H and O–H groups in total. The number of amides is 1. The van der Waals surface area contributed by atoms with Gasteiger partial charge in [-0.2, -0.15) is 0 Å². The van der Waals surface area contributed by atoms with E-state index < -0.39 is 0 Å². The maximum absolute atomic E-state index is 13.4. The molecule has 1 amide bonds. The Kier molecular flexibility index (Phi) is 4.81. The number of aryl methyl sites for hydroxylation is 1. The number of nitrogens with zero attached hydrogens (tertiary/aromatic N) is 3. The number of methoxy groups -OCH3 is 1. The lowest BCUT2D eigenvalue weighted by molar-refractivity contribution is 0.0981. The highest BCUT2D eigenvalue weighted by Crippen LogP contribution is 2.23. The van der Waals surface area contributed by atoms with Gasteiger partial charge in [0.05, 0.1) is 13.7 Å². The summed E-state index contributed by atoms with van der Waals surface area (Å²) in [4.78, 5) is 19.7. The summed E-state index contributed by atoms with van der Waals surface area (Å²) < 4.78 is 7.18. The third-order valence-corrected chi connectivity index (χ3v) is 4.73. The Morgan fingerprint density at radius 1 is 1.00 bits per heavy atom. The van der Waals surface area contributed by atoms with Crippen LogP contribution in [0, 0.1) is 6.92 Å². The van der Waals surface area contributed by atoms with Crippen LogP contribution in [0.5, 0.6) is 5.75 Å². The van der Waals surface area contributed by atoms with Gasteiger partial charge in [-0.1, -0.05) is 36.4 Å². The van der Waals surface area contributed by atoms with Crippen LogP contribution in [0.4, 0.5) is 5.69 Å². The van der Waals surface area contributed by atoms with Crippen molar-refractivity contribution >= 4 is 17.2 Å². The fourth-order valence-corrected chi connectivity index (χ4v) is 3.20. The molecule has 2 aromatic carbocycles. The zero-order valence-electron chi connectivity index (χ0n) is 15.9. The maximum atomic E-state index is 13.4. The van der Waals surface area contributed by atoms with Crippen LogP contribution in [-0.4, -0.2) is 22.4 Å². The number of carbonyl (C=O) groups excluding carboxylic acids is 1. The molecule has 140 valence electrons. The van der Waals surface area contributed by atoms with Crippen molar-refractivity contribution in [2.75, 3.05) is 12.0 Å². The van der Waals surface area contributed by atoms with Gasteiger partial charge in [0.2, 0.25) is 0 Å². The van der Waals surface area contributed by atoms with Crippen molar-refractivity contribution in [3.05, 3.63) is 95.9 Å². The summed E-state index contributed by atoms with van der Waals surface area (Å²) in [7, 11) is 1.63. The molecule has 0 aliphatic heterocycles. The highest BCUT2D eigenvalue weighted by Gasteiger charge is 2.21. The lowest BCUT2D eigenvalue weighted by atomic mass is 10.2. The predicted octanol–water partition coefficient (Wildman–Crippen LogP) is 4.50. The standard InChI is InChI=1S/C23H21N3O2/c1-17-7-6-10-22-24-21(16-25(17)22)23(27)26(15-18-8-4-3-5-9-18)19-11-13-20(28-2)14-12-19/h3-14,16H,15H2,1-2H3. The number of fused-ring (bicyclic) bond motifs is 1. The van der Waals surface area contributed by atoms with Gasteiger partial charge < -0.3 is 14.0 Å². The van der Waals surface area contributed by atoms with Crippen molar-refractivity contribution in [3.8, 4) is 5.75 Å². The van der Waals surface area contributed by atoms with E-state index in [1.807, 2.05) is 84.1 Å². The van der Waals surface area contributed by atoms with Crippen LogP contribution < -0.4 is 9.64 Å². The van der Waals surface area contributed by atoms with Crippen LogP contribution in [0.3, 0.4) is 0 Å². The smallest absolute Gasteiger partial charge is 0.278 e. The lowest BCUT2D eigenvalue weighted by Gasteiger charge is -2.22. The summed E-state index contributed by atoms with van der Waals surface area (Å²) in [5.74, 6) is 0.608. The molecule has 0 atom stereocenters. The quantitative estimate of drug-likeness (QED) is 0.519. The normalized spacial score (nSPS) is 10.8. The molecule has 0 saturated carbocycles. The summed E-state index contributed by atoms with van der Waals surface area (Å²) in [5.41, 5.74) is 4.05. The summed E-state index contributed by atoms with van der Waals surface area (Å²) >= 11 is 0. The highest BCUT2D eigenvalue weighted by molar-refractivity contribution is 6.05. The molecule has 5 nitrogen and oxygen atoms in total. The topological polar surface area (TPSA) is 46.8 Å². The second-order valence-corrected chi connectivity index (χ2v) is 6.60. The number of rotatable bonds is 5. The SMILES string of the molecule is COc1ccc(N(Cc2ccccc2)C(=O)c2cn3c(C)cccc3n2)cc1. The molecule has 4 rings (SSSR count). The maximum Gasteiger partial charge on any atom is 0.278 e. The number of hydrogen-bond donors (Lipinski definition) is 0. The van der Waals surface area contributed by atoms with E-state index in [1.54, 1.807) is 18.2 Å². The van der Waals surface area contributed by atoms with Crippen LogP contribution in [0.25, 0.3) is 5.65 Å². The van der Waals surface area contributed by atoms with Crippen LogP contribution in [-0.2, 0) is 6.54 Å². The number of aromatic nitrogens is 2. The van der Waals surface area contributed by atoms with Gasteiger partial charge in [-0.3, -0.25) is 4.79 Å². The Bertz CT molecular complexity index is 1100. The molecule has 2 aromatic heterocycles. The average molecular weight is 371 g/mol. The highest BCUT2D eigenvalue weighted by atomic mass is 16.5. The van der Waals surface area contributed by atoms with Crippen LogP contribution >= 0.6 is 0 Å². The van der Waals surface area contributed by atoms with Crippen molar-refractivity contribution in [2.45, 2.75) is 13.5 Å². The molecule has 28 heavy (non-hydrogen) atoms. The molecule has 0 fully saturated rings. The van der Waals surface area contributed by atoms with E-state index in [0.29, 0.717) is 12.2 Å². The Labute approximate surface area is 163 Å². The molecule has 0 aliphatic carbocycles. The molecule has 4 aromatic rings. The third-order valence-electron chi connectivity index (χ3n) is 4.73. The second kappa shape index (κ2) is 7.56. The molecule has 0 bridgehead atoms. The summed E-state index contributed by atoms with van der Waals surface area (Å²) in [6.45, 7) is 2.45. The van der Waals surface area contributed by atoms with E-state index in [2.05, 4.69) is 4.98 Å². The van der Waals surface area contributed by atoms with Crippen molar-refractivity contribution in [2.24, 2.45) is 0 Å². The molecule has 2 heterocycles. The number of carbonyl (C=O) groups is 1. The number of imidazole rings is 1. The number of hydrogen-bond acceptors (Lipinski definition) is 3. The number of pyridine rings is 1. The zero-order valence-corrected chi connectivity index (χ0v) is 15.9. The Hall–Kier alpha value is -3.60. The van der Waals surface area contributed by atoms with Gasteiger partial charge in [-0.05, 0) is 48.9 Å². The molecular formula is C23H21N3O2. The summed E-state index contributed by atoms with van der Waals surface area (Å²) in [5, 5.41) is 0. The van der Waals surface area contributed by atoms with Crippen molar-refractivity contribution < 1.29 is 9.53 Å². The number of anilines is 1. The van der Waals surface area contributed by atoms with Crippen LogP contribution in [0.1, 0.15) is 21.7 Å². The van der Waals surface area contributed by atoms with Crippen molar-refractivity contribution in [3.63, 3.8) is 0 Å². The Balaban J connectivity index is 1.74. The van der Waals surface area contributed by atoms with E-state index >= 15 is 0 Å². The molecule has 0 saturated heterocycles. The fraction of sp³-hybridized carbons (Fsp3) is 0.130. The summed E-state index contributed by atoms with van der Waals surface area (Å²) in [6, 6.07) is 23.3.